The normalized spacial score (nSPS) is 11.4. The van der Waals surface area contributed by atoms with Gasteiger partial charge in [-0.1, -0.05) is 45.4 Å². The second kappa shape index (κ2) is 7.59. The number of aromatic nitrogens is 2. The van der Waals surface area contributed by atoms with Gasteiger partial charge in [-0.15, -0.1) is 0 Å². The number of nitrogens with zero attached hydrogens (tertiary/aromatic N) is 2. The van der Waals surface area contributed by atoms with Crippen molar-refractivity contribution in [2.45, 2.75) is 66.3 Å². The molecule has 1 heterocycles. The molecular weight excluding hydrogens is 451 g/mol. The van der Waals surface area contributed by atoms with Crippen molar-refractivity contribution < 1.29 is 21.1 Å². The van der Waals surface area contributed by atoms with E-state index >= 15 is 0 Å². The standard InChI is InChI=1S/C19H28N2.Pt/c1-12(2)17-8-15(7)9-18(13(3)4)19(17)16-10-20-21(11-16)14(5)6;/h8-14H,1-7H3;. The molecule has 3 heteroatoms. The van der Waals surface area contributed by atoms with E-state index < -0.39 is 0 Å². The van der Waals surface area contributed by atoms with E-state index in [0.29, 0.717) is 17.9 Å². The van der Waals surface area contributed by atoms with Gasteiger partial charge in [0.25, 0.3) is 0 Å². The Morgan fingerprint density at radius 2 is 1.41 bits per heavy atom. The Morgan fingerprint density at radius 1 is 0.909 bits per heavy atom. The molecule has 2 nitrogen and oxygen atoms in total. The Kier molecular flexibility index (Phi) is 6.62. The Labute approximate surface area is 149 Å². The van der Waals surface area contributed by atoms with Gasteiger partial charge in [0.05, 0.1) is 6.20 Å². The molecule has 0 saturated heterocycles. The Bertz CT molecular complexity index is 595. The van der Waals surface area contributed by atoms with Gasteiger partial charge in [0.15, 0.2) is 0 Å². The van der Waals surface area contributed by atoms with Gasteiger partial charge in [0, 0.05) is 38.9 Å². The first-order valence-corrected chi connectivity index (χ1v) is 8.00. The molecule has 124 valence electrons. The fraction of sp³-hybridized carbons (Fsp3) is 0.526. The molecule has 0 fully saturated rings. The summed E-state index contributed by atoms with van der Waals surface area (Å²) in [4.78, 5) is 0. The second-order valence-electron chi connectivity index (χ2n) is 6.93. The minimum Gasteiger partial charge on any atom is -0.270 e. The maximum absolute atomic E-state index is 4.53. The molecule has 0 aliphatic heterocycles. The molecular formula is C19H28N2Pt. The maximum atomic E-state index is 4.53. The van der Waals surface area contributed by atoms with Crippen molar-refractivity contribution in [3.8, 4) is 11.1 Å². The van der Waals surface area contributed by atoms with Crippen molar-refractivity contribution in [1.29, 1.82) is 0 Å². The van der Waals surface area contributed by atoms with Crippen LogP contribution < -0.4 is 0 Å². The van der Waals surface area contributed by atoms with Gasteiger partial charge in [-0.2, -0.15) is 5.10 Å². The third-order valence-electron chi connectivity index (χ3n) is 4.01. The van der Waals surface area contributed by atoms with Crippen molar-refractivity contribution in [3.63, 3.8) is 0 Å². The Balaban J connectivity index is 0.00000242. The first-order chi connectivity index (χ1) is 9.81. The van der Waals surface area contributed by atoms with Gasteiger partial charge in [-0.25, -0.2) is 0 Å². The van der Waals surface area contributed by atoms with Gasteiger partial charge < -0.3 is 0 Å². The zero-order chi connectivity index (χ0) is 15.7. The minimum absolute atomic E-state index is 0. The van der Waals surface area contributed by atoms with Crippen LogP contribution in [0.15, 0.2) is 24.5 Å². The SMILES string of the molecule is Cc1cc(C(C)C)c(-c2cnn(C(C)C)c2)c(C(C)C)c1.[Pt]. The zero-order valence-electron chi connectivity index (χ0n) is 14.8. The predicted molar refractivity (Wildman–Crippen MR) is 91.0 cm³/mol. The van der Waals surface area contributed by atoms with Crippen molar-refractivity contribution >= 4 is 0 Å². The van der Waals surface area contributed by atoms with Gasteiger partial charge in [0.1, 0.15) is 0 Å². The van der Waals surface area contributed by atoms with Crippen LogP contribution in [0.1, 0.15) is 76.1 Å². The average molecular weight is 480 g/mol. The first kappa shape index (κ1) is 19.2. The first-order valence-electron chi connectivity index (χ1n) is 8.00. The summed E-state index contributed by atoms with van der Waals surface area (Å²) in [5, 5.41) is 4.53. The molecule has 0 bridgehead atoms. The van der Waals surface area contributed by atoms with Crippen molar-refractivity contribution in [3.05, 3.63) is 41.2 Å². The summed E-state index contributed by atoms with van der Waals surface area (Å²) in [7, 11) is 0. The number of hydrogen-bond donors (Lipinski definition) is 0. The van der Waals surface area contributed by atoms with E-state index in [2.05, 4.69) is 71.9 Å². The van der Waals surface area contributed by atoms with Gasteiger partial charge in [-0.3, -0.25) is 4.68 Å². The average Bonchev–Trinajstić information content (AvgIpc) is 2.86. The molecule has 0 N–H and O–H groups in total. The molecule has 0 aliphatic carbocycles. The molecule has 0 radical (unpaired) electrons. The van der Waals surface area contributed by atoms with E-state index in [1.54, 1.807) is 0 Å². The fourth-order valence-electron chi connectivity index (χ4n) is 2.84. The molecule has 0 amide bonds. The zero-order valence-corrected chi connectivity index (χ0v) is 17.0. The van der Waals surface area contributed by atoms with Gasteiger partial charge in [-0.05, 0) is 49.3 Å². The van der Waals surface area contributed by atoms with Crippen molar-refractivity contribution in [2.75, 3.05) is 0 Å². The summed E-state index contributed by atoms with van der Waals surface area (Å²) in [6.45, 7) is 15.6. The Morgan fingerprint density at radius 3 is 1.77 bits per heavy atom. The smallest absolute Gasteiger partial charge is 0.0568 e. The quantitative estimate of drug-likeness (QED) is 0.552. The van der Waals surface area contributed by atoms with E-state index in [-0.39, 0.29) is 21.1 Å². The summed E-state index contributed by atoms with van der Waals surface area (Å²) < 4.78 is 2.05. The molecule has 0 unspecified atom stereocenters. The van der Waals surface area contributed by atoms with E-state index in [9.17, 15) is 0 Å². The Hall–Kier alpha value is -0.882. The number of aryl methyl sites for hydroxylation is 1. The second-order valence-corrected chi connectivity index (χ2v) is 6.93. The van der Waals surface area contributed by atoms with E-state index in [1.807, 2.05) is 10.9 Å². The number of rotatable bonds is 4. The van der Waals surface area contributed by atoms with Crippen LogP contribution in [0, 0.1) is 6.92 Å². The number of benzene rings is 1. The van der Waals surface area contributed by atoms with Crippen LogP contribution in [0.25, 0.3) is 11.1 Å². The predicted octanol–water partition coefficient (Wildman–Crippen LogP) is 5.68. The van der Waals surface area contributed by atoms with E-state index in [4.69, 9.17) is 0 Å². The molecule has 0 saturated carbocycles. The van der Waals surface area contributed by atoms with Crippen LogP contribution in [0.5, 0.6) is 0 Å². The third-order valence-corrected chi connectivity index (χ3v) is 4.01. The molecule has 2 aromatic rings. The molecule has 0 atom stereocenters. The van der Waals surface area contributed by atoms with Crippen LogP contribution >= 0.6 is 0 Å². The number of hydrogen-bond acceptors (Lipinski definition) is 1. The summed E-state index contributed by atoms with van der Waals surface area (Å²) in [6.07, 6.45) is 4.20. The molecule has 22 heavy (non-hydrogen) atoms. The van der Waals surface area contributed by atoms with Gasteiger partial charge >= 0.3 is 0 Å². The molecule has 1 aromatic carbocycles. The summed E-state index contributed by atoms with van der Waals surface area (Å²) in [5.74, 6) is 1.03. The summed E-state index contributed by atoms with van der Waals surface area (Å²) in [6, 6.07) is 5.06. The van der Waals surface area contributed by atoms with Crippen LogP contribution in [-0.4, -0.2) is 9.78 Å². The van der Waals surface area contributed by atoms with Crippen molar-refractivity contribution in [1.82, 2.24) is 9.78 Å². The monoisotopic (exact) mass is 479 g/mol. The summed E-state index contributed by atoms with van der Waals surface area (Å²) >= 11 is 0. The molecule has 1 aromatic heterocycles. The molecule has 0 aliphatic rings. The molecule has 2 rings (SSSR count). The van der Waals surface area contributed by atoms with Crippen LogP contribution in [0.2, 0.25) is 0 Å². The van der Waals surface area contributed by atoms with Crippen LogP contribution in [-0.2, 0) is 21.1 Å². The minimum atomic E-state index is 0. The topological polar surface area (TPSA) is 17.8 Å². The van der Waals surface area contributed by atoms with Crippen molar-refractivity contribution in [2.24, 2.45) is 0 Å². The van der Waals surface area contributed by atoms with Gasteiger partial charge in [0.2, 0.25) is 0 Å². The van der Waals surface area contributed by atoms with Crippen LogP contribution in [0.3, 0.4) is 0 Å². The van der Waals surface area contributed by atoms with E-state index in [1.165, 1.54) is 27.8 Å². The fourth-order valence-corrected chi connectivity index (χ4v) is 2.84. The van der Waals surface area contributed by atoms with Crippen LogP contribution in [0.4, 0.5) is 0 Å². The van der Waals surface area contributed by atoms with E-state index in [0.717, 1.165) is 0 Å². The third kappa shape index (κ3) is 3.90. The molecule has 0 spiro atoms. The summed E-state index contributed by atoms with van der Waals surface area (Å²) in [5.41, 5.74) is 6.85. The largest absolute Gasteiger partial charge is 0.270 e. The maximum Gasteiger partial charge on any atom is 0.0568 e.